The molecule has 0 radical (unpaired) electrons. The SMILES string of the molecule is CCN(C)NC(=O)C1CC1. The lowest BCUT2D eigenvalue weighted by Gasteiger charge is -2.14. The fourth-order valence-electron chi connectivity index (χ4n) is 0.704. The van der Waals surface area contributed by atoms with E-state index in [1.165, 1.54) is 0 Å². The van der Waals surface area contributed by atoms with Gasteiger partial charge in [0.15, 0.2) is 0 Å². The third kappa shape index (κ3) is 1.99. The van der Waals surface area contributed by atoms with Gasteiger partial charge in [-0.05, 0) is 12.8 Å². The predicted octanol–water partition coefficient (Wildman–Crippen LogP) is 0.379. The van der Waals surface area contributed by atoms with Gasteiger partial charge in [0.1, 0.15) is 0 Å². The molecule has 1 saturated carbocycles. The molecule has 3 heteroatoms. The number of carbonyl (C=O) groups excluding carboxylic acids is 1. The highest BCUT2D eigenvalue weighted by Gasteiger charge is 2.29. The van der Waals surface area contributed by atoms with Crippen LogP contribution in [0.25, 0.3) is 0 Å². The highest BCUT2D eigenvalue weighted by Crippen LogP contribution is 2.28. The van der Waals surface area contributed by atoms with Crippen LogP contribution in [0.2, 0.25) is 0 Å². The van der Waals surface area contributed by atoms with Crippen molar-refractivity contribution in [3.05, 3.63) is 0 Å². The van der Waals surface area contributed by atoms with Crippen LogP contribution >= 0.6 is 0 Å². The fourth-order valence-corrected chi connectivity index (χ4v) is 0.704. The van der Waals surface area contributed by atoms with Crippen LogP contribution in [0, 0.1) is 5.92 Å². The second kappa shape index (κ2) is 3.01. The van der Waals surface area contributed by atoms with Gasteiger partial charge in [0.25, 0.3) is 0 Å². The van der Waals surface area contributed by atoms with Crippen LogP contribution in [0.4, 0.5) is 0 Å². The molecule has 1 N–H and O–H groups in total. The van der Waals surface area contributed by atoms with E-state index in [-0.39, 0.29) is 5.91 Å². The molecule has 0 bridgehead atoms. The molecule has 1 amide bonds. The van der Waals surface area contributed by atoms with Crippen molar-refractivity contribution in [3.63, 3.8) is 0 Å². The van der Waals surface area contributed by atoms with Crippen molar-refractivity contribution in [2.75, 3.05) is 13.6 Å². The molecule has 1 aliphatic carbocycles. The Morgan fingerprint density at radius 1 is 1.70 bits per heavy atom. The molecule has 0 saturated heterocycles. The first-order chi connectivity index (χ1) is 4.74. The van der Waals surface area contributed by atoms with Gasteiger partial charge in [-0.1, -0.05) is 6.92 Å². The molecule has 0 unspecified atom stereocenters. The Bertz CT molecular complexity index is 132. The van der Waals surface area contributed by atoms with E-state index in [0.29, 0.717) is 5.92 Å². The number of hydrogen-bond donors (Lipinski definition) is 1. The molecule has 0 aromatic rings. The van der Waals surface area contributed by atoms with Gasteiger partial charge in [-0.15, -0.1) is 0 Å². The van der Waals surface area contributed by atoms with Gasteiger partial charge in [0, 0.05) is 19.5 Å². The Morgan fingerprint density at radius 2 is 2.30 bits per heavy atom. The van der Waals surface area contributed by atoms with Crippen molar-refractivity contribution in [3.8, 4) is 0 Å². The Hall–Kier alpha value is -0.570. The zero-order chi connectivity index (χ0) is 7.56. The monoisotopic (exact) mass is 142 g/mol. The van der Waals surface area contributed by atoms with Crippen molar-refractivity contribution in [1.29, 1.82) is 0 Å². The summed E-state index contributed by atoms with van der Waals surface area (Å²) in [6.07, 6.45) is 2.15. The van der Waals surface area contributed by atoms with Crippen LogP contribution in [0.15, 0.2) is 0 Å². The van der Waals surface area contributed by atoms with Gasteiger partial charge in [-0.3, -0.25) is 10.2 Å². The van der Waals surface area contributed by atoms with E-state index in [1.807, 2.05) is 14.0 Å². The van der Waals surface area contributed by atoms with Crippen LogP contribution in [0.1, 0.15) is 19.8 Å². The average molecular weight is 142 g/mol. The van der Waals surface area contributed by atoms with Crippen molar-refractivity contribution >= 4 is 5.91 Å². The number of carbonyl (C=O) groups is 1. The van der Waals surface area contributed by atoms with Crippen molar-refractivity contribution in [2.45, 2.75) is 19.8 Å². The summed E-state index contributed by atoms with van der Waals surface area (Å²) in [6.45, 7) is 2.87. The van der Waals surface area contributed by atoms with Crippen LogP contribution in [-0.4, -0.2) is 24.5 Å². The minimum absolute atomic E-state index is 0.185. The maximum Gasteiger partial charge on any atom is 0.237 e. The fraction of sp³-hybridized carbons (Fsp3) is 0.857. The van der Waals surface area contributed by atoms with Crippen LogP contribution in [-0.2, 0) is 4.79 Å². The summed E-state index contributed by atoms with van der Waals surface area (Å²) in [5.74, 6) is 0.498. The van der Waals surface area contributed by atoms with E-state index in [0.717, 1.165) is 19.4 Å². The predicted molar refractivity (Wildman–Crippen MR) is 39.2 cm³/mol. The number of rotatable bonds is 3. The first kappa shape index (κ1) is 7.54. The molecular formula is C7H14N2O. The van der Waals surface area contributed by atoms with Gasteiger partial charge in [-0.25, -0.2) is 5.01 Å². The van der Waals surface area contributed by atoms with Crippen molar-refractivity contribution < 1.29 is 4.79 Å². The normalized spacial score (nSPS) is 17.5. The first-order valence-electron chi connectivity index (χ1n) is 3.75. The van der Waals surface area contributed by atoms with Crippen LogP contribution < -0.4 is 5.43 Å². The van der Waals surface area contributed by atoms with E-state index in [4.69, 9.17) is 0 Å². The number of hydrazine groups is 1. The molecule has 0 aromatic heterocycles. The topological polar surface area (TPSA) is 32.3 Å². The summed E-state index contributed by atoms with van der Waals surface area (Å²) in [4.78, 5) is 11.0. The Morgan fingerprint density at radius 3 is 2.70 bits per heavy atom. The molecule has 3 nitrogen and oxygen atoms in total. The minimum Gasteiger partial charge on any atom is -0.289 e. The molecule has 1 rings (SSSR count). The maximum absolute atomic E-state index is 11.0. The number of nitrogens with zero attached hydrogens (tertiary/aromatic N) is 1. The molecule has 0 atom stereocenters. The zero-order valence-corrected chi connectivity index (χ0v) is 6.55. The summed E-state index contributed by atoms with van der Waals surface area (Å²) in [7, 11) is 1.88. The summed E-state index contributed by atoms with van der Waals surface area (Å²) < 4.78 is 0. The van der Waals surface area contributed by atoms with Gasteiger partial charge >= 0.3 is 0 Å². The number of nitrogens with one attached hydrogen (secondary N) is 1. The zero-order valence-electron chi connectivity index (χ0n) is 6.55. The van der Waals surface area contributed by atoms with Gasteiger partial charge in [0.05, 0.1) is 0 Å². The Labute approximate surface area is 61.4 Å². The first-order valence-corrected chi connectivity index (χ1v) is 3.75. The van der Waals surface area contributed by atoms with Gasteiger partial charge in [-0.2, -0.15) is 0 Å². The molecule has 0 aromatic carbocycles. The third-order valence-corrected chi connectivity index (χ3v) is 1.72. The molecule has 58 valence electrons. The second-order valence-electron chi connectivity index (χ2n) is 2.76. The summed E-state index contributed by atoms with van der Waals surface area (Å²) in [5, 5.41) is 1.81. The van der Waals surface area contributed by atoms with Gasteiger partial charge < -0.3 is 0 Å². The number of amides is 1. The van der Waals surface area contributed by atoms with E-state index in [1.54, 1.807) is 5.01 Å². The molecule has 0 aliphatic heterocycles. The third-order valence-electron chi connectivity index (χ3n) is 1.72. The molecule has 10 heavy (non-hydrogen) atoms. The van der Waals surface area contributed by atoms with Crippen LogP contribution in [0.5, 0.6) is 0 Å². The van der Waals surface area contributed by atoms with E-state index >= 15 is 0 Å². The number of hydrogen-bond acceptors (Lipinski definition) is 2. The van der Waals surface area contributed by atoms with E-state index in [2.05, 4.69) is 5.43 Å². The minimum atomic E-state index is 0.185. The summed E-state index contributed by atoms with van der Waals surface area (Å²) >= 11 is 0. The molecule has 0 heterocycles. The Balaban J connectivity index is 2.16. The summed E-state index contributed by atoms with van der Waals surface area (Å²) in [5.41, 5.74) is 2.79. The summed E-state index contributed by atoms with van der Waals surface area (Å²) in [6, 6.07) is 0. The molecule has 1 fully saturated rings. The lowest BCUT2D eigenvalue weighted by atomic mass is 10.4. The van der Waals surface area contributed by atoms with E-state index in [9.17, 15) is 4.79 Å². The molecule has 1 aliphatic rings. The molecule has 0 spiro atoms. The van der Waals surface area contributed by atoms with Crippen molar-refractivity contribution in [2.24, 2.45) is 5.92 Å². The van der Waals surface area contributed by atoms with Crippen LogP contribution in [0.3, 0.4) is 0 Å². The highest BCUT2D eigenvalue weighted by atomic mass is 16.2. The van der Waals surface area contributed by atoms with Gasteiger partial charge in [0.2, 0.25) is 5.91 Å². The Kier molecular flexibility index (Phi) is 2.27. The van der Waals surface area contributed by atoms with Crippen molar-refractivity contribution in [1.82, 2.24) is 10.4 Å². The quantitative estimate of drug-likeness (QED) is 0.578. The largest absolute Gasteiger partial charge is 0.289 e. The highest BCUT2D eigenvalue weighted by molar-refractivity contribution is 5.80. The van der Waals surface area contributed by atoms with E-state index < -0.39 is 0 Å². The average Bonchev–Trinajstić information content (AvgIpc) is 2.68. The molecular weight excluding hydrogens is 128 g/mol. The lowest BCUT2D eigenvalue weighted by molar-refractivity contribution is -0.126. The maximum atomic E-state index is 11.0. The standard InChI is InChI=1S/C7H14N2O/c1-3-9(2)8-7(10)6-4-5-6/h6H,3-5H2,1-2H3,(H,8,10). The lowest BCUT2D eigenvalue weighted by Crippen LogP contribution is -2.39. The second-order valence-corrected chi connectivity index (χ2v) is 2.76. The smallest absolute Gasteiger partial charge is 0.237 e.